The number of nitrogens with one attached hydrogen (secondary N) is 1. The van der Waals surface area contributed by atoms with E-state index in [4.69, 9.17) is 21.5 Å². The molecule has 1 amide bonds. The zero-order chi connectivity index (χ0) is 32.8. The van der Waals surface area contributed by atoms with E-state index >= 15 is 0 Å². The average Bonchev–Trinajstić information content (AvgIpc) is 3.73. The molecule has 240 valence electrons. The molecule has 0 bridgehead atoms. The number of pyridine rings is 1. The molecular weight excluding hydrogens is 651 g/mol. The first-order chi connectivity index (χ1) is 20.3. The van der Waals surface area contributed by atoms with E-state index in [0.29, 0.717) is 55.4 Å². The lowest BCUT2D eigenvalue weighted by atomic mass is 10.0. The van der Waals surface area contributed by atoms with E-state index in [1.165, 1.54) is 18.2 Å². The first-order valence-corrected chi connectivity index (χ1v) is 14.7. The second kappa shape index (κ2) is 12.0. The summed E-state index contributed by atoms with van der Waals surface area (Å²) < 4.78 is 114. The number of aliphatic carboxylic acids is 1. The molecule has 0 spiro atoms. The molecule has 10 nitrogen and oxygen atoms in total. The Bertz CT molecular complexity index is 1700. The smallest absolute Gasteiger partial charge is 0.475 e. The number of carboxylic acids is 1. The molecule has 44 heavy (non-hydrogen) atoms. The number of benzene rings is 1. The summed E-state index contributed by atoms with van der Waals surface area (Å²) in [6.07, 6.45) is -7.81. The second-order valence-electron chi connectivity index (χ2n) is 10.1. The van der Waals surface area contributed by atoms with Crippen LogP contribution in [0.25, 0.3) is 10.9 Å². The van der Waals surface area contributed by atoms with Gasteiger partial charge in [-0.25, -0.2) is 27.3 Å². The number of aryl methyl sites for hydroxylation is 1. The molecule has 2 fully saturated rings. The number of halogens is 8. The van der Waals surface area contributed by atoms with Crippen LogP contribution < -0.4 is 9.62 Å². The van der Waals surface area contributed by atoms with E-state index in [0.717, 1.165) is 6.07 Å². The third-order valence-electron chi connectivity index (χ3n) is 6.90. The van der Waals surface area contributed by atoms with Crippen LogP contribution in [0.15, 0.2) is 24.3 Å². The van der Waals surface area contributed by atoms with E-state index in [9.17, 15) is 43.9 Å². The number of alkyl halides is 6. The van der Waals surface area contributed by atoms with Crippen LogP contribution in [0.3, 0.4) is 0 Å². The number of carbonyl (C=O) groups excluding carboxylic acids is 1. The summed E-state index contributed by atoms with van der Waals surface area (Å²) in [5.41, 5.74) is -0.545. The number of hydrogen-bond acceptors (Lipinski definition) is 7. The van der Waals surface area contributed by atoms with Crippen molar-refractivity contribution in [2.75, 3.05) is 18.0 Å². The van der Waals surface area contributed by atoms with Gasteiger partial charge in [0.05, 0.1) is 33.1 Å². The fourth-order valence-electron chi connectivity index (χ4n) is 4.56. The van der Waals surface area contributed by atoms with Crippen molar-refractivity contribution >= 4 is 50.2 Å². The molecule has 3 aromatic rings. The van der Waals surface area contributed by atoms with E-state index in [2.05, 4.69) is 10.1 Å². The summed E-state index contributed by atoms with van der Waals surface area (Å²) >= 11 is 5.67. The van der Waals surface area contributed by atoms with Crippen LogP contribution in [0.4, 0.5) is 36.6 Å². The molecule has 1 saturated heterocycles. The Balaban J connectivity index is 0.000000566. The third kappa shape index (κ3) is 7.34. The molecule has 5 rings (SSSR count). The highest BCUT2D eigenvalue weighted by atomic mass is 35.5. The molecule has 1 aliphatic carbocycles. The molecule has 0 unspecified atom stereocenters. The topological polar surface area (TPSA) is 134 Å². The van der Waals surface area contributed by atoms with Crippen LogP contribution in [0.1, 0.15) is 53.5 Å². The Hall–Kier alpha value is -3.67. The average molecular weight is 674 g/mol. The Morgan fingerprint density at radius 1 is 1.05 bits per heavy atom. The number of piperidine rings is 1. The normalized spacial score (nSPS) is 16.4. The standard InChI is InChI=1S/C23H22ClF4N5O3S.C2HF3O2/c1-12-15-10-16(22(34)31-37(35,36)14-2-3-14)18(25)11-19(15)33(30-12)13-6-8-32(9-7-13)20-5-4-17(24)21(29-20)23(26,27)28;3-2(4,5)1(6)7/h4-5,10-11,13-14H,2-3,6-9H2,1H3,(H,31,34);(H,6,7). The fraction of sp³-hybridized carbons (Fsp3) is 0.440. The van der Waals surface area contributed by atoms with E-state index in [1.807, 2.05) is 4.72 Å². The highest BCUT2D eigenvalue weighted by molar-refractivity contribution is 7.91. The summed E-state index contributed by atoms with van der Waals surface area (Å²) in [7, 11) is -3.83. The zero-order valence-corrected chi connectivity index (χ0v) is 24.1. The van der Waals surface area contributed by atoms with Crippen LogP contribution in [0.5, 0.6) is 0 Å². The van der Waals surface area contributed by atoms with Crippen molar-refractivity contribution in [1.29, 1.82) is 0 Å². The molecule has 2 N–H and O–H groups in total. The molecule has 1 aliphatic heterocycles. The molecule has 1 saturated carbocycles. The van der Waals surface area contributed by atoms with Crippen LogP contribution in [-0.4, -0.2) is 64.7 Å². The number of anilines is 1. The maximum absolute atomic E-state index is 15.0. The number of amides is 1. The molecular formula is C25H23ClF7N5O5S. The molecule has 2 aliphatic rings. The number of rotatable bonds is 5. The van der Waals surface area contributed by atoms with Crippen LogP contribution >= 0.6 is 11.6 Å². The first-order valence-electron chi connectivity index (χ1n) is 12.8. The van der Waals surface area contributed by atoms with Gasteiger partial charge in [-0.05, 0) is 50.8 Å². The predicted molar refractivity (Wildman–Crippen MR) is 142 cm³/mol. The molecule has 1 aromatic carbocycles. The lowest BCUT2D eigenvalue weighted by Crippen LogP contribution is -2.35. The number of aromatic nitrogens is 3. The van der Waals surface area contributed by atoms with Crippen molar-refractivity contribution < 1.29 is 53.8 Å². The maximum atomic E-state index is 15.0. The summed E-state index contributed by atoms with van der Waals surface area (Å²) in [6.45, 7) is 2.47. The fourth-order valence-corrected chi connectivity index (χ4v) is 6.06. The van der Waals surface area contributed by atoms with Gasteiger partial charge in [0.2, 0.25) is 10.0 Å². The van der Waals surface area contributed by atoms with Gasteiger partial charge in [0.15, 0.2) is 5.69 Å². The summed E-state index contributed by atoms with van der Waals surface area (Å²) in [5, 5.41) is 11.1. The number of fused-ring (bicyclic) bond motifs is 1. The van der Waals surface area contributed by atoms with Gasteiger partial charge in [-0.1, -0.05) is 11.6 Å². The van der Waals surface area contributed by atoms with Gasteiger partial charge in [-0.2, -0.15) is 31.4 Å². The van der Waals surface area contributed by atoms with E-state index in [1.54, 1.807) is 16.5 Å². The summed E-state index contributed by atoms with van der Waals surface area (Å²) in [5.74, 6) is -4.49. The first kappa shape index (κ1) is 33.2. The number of hydrogen-bond donors (Lipinski definition) is 2. The van der Waals surface area contributed by atoms with Gasteiger partial charge in [0, 0.05) is 24.5 Å². The van der Waals surface area contributed by atoms with Gasteiger partial charge in [0.1, 0.15) is 11.6 Å². The second-order valence-corrected chi connectivity index (χ2v) is 12.4. The molecule has 3 heterocycles. The van der Waals surface area contributed by atoms with Crippen LogP contribution in [0, 0.1) is 12.7 Å². The molecule has 0 atom stereocenters. The molecule has 0 radical (unpaired) electrons. The number of carboxylic acid groups (broad SMARTS) is 1. The predicted octanol–water partition coefficient (Wildman–Crippen LogP) is 5.25. The Labute approximate surface area is 249 Å². The summed E-state index contributed by atoms with van der Waals surface area (Å²) in [4.78, 5) is 26.8. The maximum Gasteiger partial charge on any atom is 0.490 e. The van der Waals surface area contributed by atoms with E-state index in [-0.39, 0.29) is 17.4 Å². The number of nitrogens with zero attached hydrogens (tertiary/aromatic N) is 4. The minimum absolute atomic E-state index is 0.166. The van der Waals surface area contributed by atoms with Crippen molar-refractivity contribution in [1.82, 2.24) is 19.5 Å². The largest absolute Gasteiger partial charge is 0.490 e. The highest BCUT2D eigenvalue weighted by Crippen LogP contribution is 2.36. The van der Waals surface area contributed by atoms with Crippen molar-refractivity contribution in [2.45, 2.75) is 56.3 Å². The van der Waals surface area contributed by atoms with Gasteiger partial charge in [-0.15, -0.1) is 0 Å². The van der Waals surface area contributed by atoms with Crippen molar-refractivity contribution in [3.63, 3.8) is 0 Å². The SMILES string of the molecule is Cc1nn(C2CCN(c3ccc(Cl)c(C(F)(F)F)n3)CC2)c2cc(F)c(C(=O)NS(=O)(=O)C3CC3)cc12.O=C(O)C(F)(F)F. The molecule has 19 heteroatoms. The van der Waals surface area contributed by atoms with Crippen molar-refractivity contribution in [2.24, 2.45) is 0 Å². The lowest BCUT2D eigenvalue weighted by Gasteiger charge is -2.33. The molecule has 2 aromatic heterocycles. The quantitative estimate of drug-likeness (QED) is 0.351. The van der Waals surface area contributed by atoms with E-state index < -0.39 is 56.0 Å². The van der Waals surface area contributed by atoms with Crippen molar-refractivity contribution in [3.8, 4) is 0 Å². The lowest BCUT2D eigenvalue weighted by molar-refractivity contribution is -0.192. The Morgan fingerprint density at radius 3 is 2.16 bits per heavy atom. The van der Waals surface area contributed by atoms with Gasteiger partial charge in [-0.3, -0.25) is 9.48 Å². The Kier molecular flexibility index (Phi) is 9.08. The monoisotopic (exact) mass is 673 g/mol. The van der Waals surface area contributed by atoms with Crippen LogP contribution in [-0.2, 0) is 21.0 Å². The number of sulfonamides is 1. The van der Waals surface area contributed by atoms with Gasteiger partial charge in [0.25, 0.3) is 5.91 Å². The van der Waals surface area contributed by atoms with Gasteiger partial charge >= 0.3 is 18.3 Å². The van der Waals surface area contributed by atoms with Crippen molar-refractivity contribution in [3.05, 3.63) is 52.1 Å². The minimum Gasteiger partial charge on any atom is -0.475 e. The minimum atomic E-state index is -5.08. The van der Waals surface area contributed by atoms with Crippen LogP contribution in [0.2, 0.25) is 5.02 Å². The zero-order valence-electron chi connectivity index (χ0n) is 22.5. The van der Waals surface area contributed by atoms with Gasteiger partial charge < -0.3 is 10.0 Å². The summed E-state index contributed by atoms with van der Waals surface area (Å²) in [6, 6.07) is 4.91. The Morgan fingerprint density at radius 2 is 1.64 bits per heavy atom. The third-order valence-corrected chi connectivity index (χ3v) is 9.02. The number of carbonyl (C=O) groups is 2. The highest BCUT2D eigenvalue weighted by Gasteiger charge is 2.39.